The Bertz CT molecular complexity index is 1270. The van der Waals surface area contributed by atoms with Crippen LogP contribution in [0.5, 0.6) is 0 Å². The van der Waals surface area contributed by atoms with Gasteiger partial charge in [-0.1, -0.05) is 94.3 Å². The maximum Gasteiger partial charge on any atom is 0.0599 e. The van der Waals surface area contributed by atoms with Gasteiger partial charge in [-0.2, -0.15) is 5.10 Å². The molecule has 0 bridgehead atoms. The van der Waals surface area contributed by atoms with Crippen molar-refractivity contribution >= 4 is 11.9 Å². The number of allylic oxidation sites excluding steroid dienone is 7. The van der Waals surface area contributed by atoms with Gasteiger partial charge in [0.05, 0.1) is 5.69 Å². The molecule has 0 heterocycles. The standard InChI is InChI=1S/C39H54N2/c1-9-17-32(18-10-2)37(13-5)31(12-4)25-30(11-3)26-35-24-23-33-19-16-22-38(39(33)35)34-20-15-21-36(27-34)41(14-6)40-28-29(7)8/h11,13,15-16,19-22,25,27-28,32,35H,7,9-10,12,14,17-18,23-24,26H2,1-6,8H3/b30-11+,31-25-,37-13+,40-28-. The van der Waals surface area contributed by atoms with E-state index in [-0.39, 0.29) is 0 Å². The molecule has 0 N–H and O–H groups in total. The molecule has 2 aromatic carbocycles. The highest BCUT2D eigenvalue weighted by molar-refractivity contribution is 5.78. The molecule has 0 fully saturated rings. The third-order valence-electron chi connectivity index (χ3n) is 8.53. The van der Waals surface area contributed by atoms with E-state index in [9.17, 15) is 0 Å². The van der Waals surface area contributed by atoms with Gasteiger partial charge in [-0.15, -0.1) is 0 Å². The summed E-state index contributed by atoms with van der Waals surface area (Å²) >= 11 is 0. The monoisotopic (exact) mass is 550 g/mol. The zero-order valence-corrected chi connectivity index (χ0v) is 27.0. The average Bonchev–Trinajstić information content (AvgIpc) is 3.39. The first kappa shape index (κ1) is 32.4. The van der Waals surface area contributed by atoms with Crippen molar-refractivity contribution in [2.45, 2.75) is 106 Å². The van der Waals surface area contributed by atoms with Crippen molar-refractivity contribution in [1.29, 1.82) is 0 Å². The second-order valence-corrected chi connectivity index (χ2v) is 11.6. The van der Waals surface area contributed by atoms with Crippen LogP contribution in [0.4, 0.5) is 5.69 Å². The fourth-order valence-corrected chi connectivity index (χ4v) is 6.57. The lowest BCUT2D eigenvalue weighted by molar-refractivity contribution is 0.505. The third kappa shape index (κ3) is 8.44. The predicted molar refractivity (Wildman–Crippen MR) is 183 cm³/mol. The van der Waals surface area contributed by atoms with Crippen molar-refractivity contribution in [1.82, 2.24) is 0 Å². The van der Waals surface area contributed by atoms with Gasteiger partial charge in [-0.25, -0.2) is 0 Å². The summed E-state index contributed by atoms with van der Waals surface area (Å²) in [7, 11) is 0. The van der Waals surface area contributed by atoms with E-state index in [1.54, 1.807) is 11.1 Å². The molecule has 1 aliphatic carbocycles. The highest BCUT2D eigenvalue weighted by atomic mass is 15.4. The first-order valence-corrected chi connectivity index (χ1v) is 16.1. The molecule has 1 aliphatic rings. The number of hydrogen-bond acceptors (Lipinski definition) is 2. The Labute approximate surface area is 251 Å². The first-order valence-electron chi connectivity index (χ1n) is 16.1. The minimum atomic E-state index is 0.533. The summed E-state index contributed by atoms with van der Waals surface area (Å²) in [5.74, 6) is 1.21. The molecule has 2 aromatic rings. The van der Waals surface area contributed by atoms with E-state index < -0.39 is 0 Å². The van der Waals surface area contributed by atoms with Crippen LogP contribution in [0.3, 0.4) is 0 Å². The van der Waals surface area contributed by atoms with Crippen molar-refractivity contribution in [3.05, 3.63) is 101 Å². The van der Waals surface area contributed by atoms with Crippen LogP contribution in [0, 0.1) is 5.92 Å². The summed E-state index contributed by atoms with van der Waals surface area (Å²) < 4.78 is 0. The summed E-state index contributed by atoms with van der Waals surface area (Å²) in [5, 5.41) is 6.72. The summed E-state index contributed by atoms with van der Waals surface area (Å²) in [6.45, 7) is 20.3. The number of hydrazone groups is 1. The van der Waals surface area contributed by atoms with Crippen molar-refractivity contribution in [2.75, 3.05) is 11.6 Å². The van der Waals surface area contributed by atoms with E-state index in [1.807, 2.05) is 13.1 Å². The molecule has 2 heteroatoms. The summed E-state index contributed by atoms with van der Waals surface area (Å²) in [4.78, 5) is 0. The lowest BCUT2D eigenvalue weighted by atomic mass is 9.82. The molecule has 0 spiro atoms. The maximum atomic E-state index is 4.67. The van der Waals surface area contributed by atoms with Gasteiger partial charge < -0.3 is 0 Å². The molecular weight excluding hydrogens is 496 g/mol. The van der Waals surface area contributed by atoms with Crippen molar-refractivity contribution in [3.8, 4) is 11.1 Å². The predicted octanol–water partition coefficient (Wildman–Crippen LogP) is 11.6. The van der Waals surface area contributed by atoms with E-state index >= 15 is 0 Å². The summed E-state index contributed by atoms with van der Waals surface area (Å²) in [5.41, 5.74) is 12.4. The first-order chi connectivity index (χ1) is 19.9. The highest BCUT2D eigenvalue weighted by Crippen LogP contribution is 2.44. The maximum absolute atomic E-state index is 4.67. The van der Waals surface area contributed by atoms with Crippen LogP contribution < -0.4 is 5.01 Å². The second kappa shape index (κ2) is 16.3. The van der Waals surface area contributed by atoms with Gasteiger partial charge in [0.1, 0.15) is 0 Å². The largest absolute Gasteiger partial charge is 0.266 e. The molecule has 1 unspecified atom stereocenters. The van der Waals surface area contributed by atoms with Crippen LogP contribution in [-0.4, -0.2) is 12.8 Å². The zero-order valence-electron chi connectivity index (χ0n) is 27.0. The van der Waals surface area contributed by atoms with Gasteiger partial charge in [0.25, 0.3) is 0 Å². The number of anilines is 1. The minimum Gasteiger partial charge on any atom is -0.266 e. The third-order valence-corrected chi connectivity index (χ3v) is 8.53. The molecule has 220 valence electrons. The molecule has 2 nitrogen and oxygen atoms in total. The Morgan fingerprint density at radius 3 is 2.37 bits per heavy atom. The Hall–Kier alpha value is -3.13. The van der Waals surface area contributed by atoms with E-state index in [4.69, 9.17) is 0 Å². The molecule has 41 heavy (non-hydrogen) atoms. The lowest BCUT2D eigenvalue weighted by Crippen LogP contribution is -2.15. The van der Waals surface area contributed by atoms with Crippen molar-refractivity contribution < 1.29 is 0 Å². The second-order valence-electron chi connectivity index (χ2n) is 11.6. The van der Waals surface area contributed by atoms with Gasteiger partial charge in [0.2, 0.25) is 0 Å². The van der Waals surface area contributed by atoms with Gasteiger partial charge in [0, 0.05) is 12.8 Å². The highest BCUT2D eigenvalue weighted by Gasteiger charge is 2.27. The van der Waals surface area contributed by atoms with Gasteiger partial charge in [0.15, 0.2) is 0 Å². The Morgan fingerprint density at radius 1 is 1.02 bits per heavy atom. The van der Waals surface area contributed by atoms with Crippen LogP contribution in [0.2, 0.25) is 0 Å². The van der Waals surface area contributed by atoms with Crippen LogP contribution in [0.15, 0.2) is 94.7 Å². The van der Waals surface area contributed by atoms with Crippen LogP contribution >= 0.6 is 0 Å². The fourth-order valence-electron chi connectivity index (χ4n) is 6.57. The number of hydrogen-bond donors (Lipinski definition) is 0. The summed E-state index contributed by atoms with van der Waals surface area (Å²) in [6.07, 6.45) is 18.7. The van der Waals surface area contributed by atoms with E-state index in [0.29, 0.717) is 11.8 Å². The smallest absolute Gasteiger partial charge is 0.0599 e. The average molecular weight is 551 g/mol. The van der Waals surface area contributed by atoms with Crippen LogP contribution in [0.25, 0.3) is 11.1 Å². The van der Waals surface area contributed by atoms with Gasteiger partial charge in [-0.05, 0) is 129 Å². The van der Waals surface area contributed by atoms with Crippen LogP contribution in [0.1, 0.15) is 110 Å². The number of benzene rings is 2. The topological polar surface area (TPSA) is 15.6 Å². The van der Waals surface area contributed by atoms with E-state index in [2.05, 4.69) is 119 Å². The molecule has 3 rings (SSSR count). The van der Waals surface area contributed by atoms with Crippen molar-refractivity contribution in [2.24, 2.45) is 11.0 Å². The Balaban J connectivity index is 1.94. The number of fused-ring (bicyclic) bond motifs is 1. The van der Waals surface area contributed by atoms with Gasteiger partial charge >= 0.3 is 0 Å². The Kier molecular flexibility index (Phi) is 12.9. The summed E-state index contributed by atoms with van der Waals surface area (Å²) in [6, 6.07) is 15.8. The van der Waals surface area contributed by atoms with Crippen LogP contribution in [-0.2, 0) is 6.42 Å². The minimum absolute atomic E-state index is 0.533. The zero-order chi connectivity index (χ0) is 29.8. The number of rotatable bonds is 15. The molecule has 1 atom stereocenters. The molecular formula is C39H54N2. The molecule has 0 saturated heterocycles. The molecule has 0 aliphatic heterocycles. The van der Waals surface area contributed by atoms with Gasteiger partial charge in [-0.3, -0.25) is 5.01 Å². The fraction of sp³-hybridized carbons (Fsp3) is 0.462. The van der Waals surface area contributed by atoms with E-state index in [1.165, 1.54) is 59.9 Å². The Morgan fingerprint density at radius 2 is 1.76 bits per heavy atom. The lowest BCUT2D eigenvalue weighted by Gasteiger charge is -2.23. The number of nitrogens with zero attached hydrogens (tertiary/aromatic N) is 2. The molecule has 0 saturated carbocycles. The van der Waals surface area contributed by atoms with Crippen molar-refractivity contribution in [3.63, 3.8) is 0 Å². The molecule has 0 aromatic heterocycles. The normalized spacial score (nSPS) is 16.1. The molecule has 0 amide bonds. The number of aryl methyl sites for hydroxylation is 1. The van der Waals surface area contributed by atoms with E-state index in [0.717, 1.165) is 37.1 Å². The molecule has 0 radical (unpaired) electrons. The SMILES string of the molecule is C=C(C)/C=N\N(CC)c1cccc(-c2cccc3c2C(CC(=C/C)/C=C(CC)\C(=C/C)C(CCC)CCC)CC3)c1. The quantitative estimate of drug-likeness (QED) is 0.122.